The summed E-state index contributed by atoms with van der Waals surface area (Å²) in [6, 6.07) is 3.07. The van der Waals surface area contributed by atoms with Gasteiger partial charge in [-0.25, -0.2) is 4.57 Å². The van der Waals surface area contributed by atoms with E-state index in [1.54, 1.807) is 12.3 Å². The van der Waals surface area contributed by atoms with Crippen molar-refractivity contribution in [3.05, 3.63) is 36.7 Å². The Morgan fingerprint density at radius 3 is 2.88 bits per heavy atom. The van der Waals surface area contributed by atoms with E-state index in [-0.39, 0.29) is 37.3 Å². The van der Waals surface area contributed by atoms with Crippen LogP contribution in [0, 0.1) is 6.61 Å². The summed E-state index contributed by atoms with van der Waals surface area (Å²) in [5, 5.41) is 20.3. The van der Waals surface area contributed by atoms with Crippen molar-refractivity contribution >= 4 is 13.7 Å². The summed E-state index contributed by atoms with van der Waals surface area (Å²) in [5.41, 5.74) is 5.45. The van der Waals surface area contributed by atoms with Crippen molar-refractivity contribution in [1.82, 2.24) is 0 Å². The van der Waals surface area contributed by atoms with Gasteiger partial charge in [-0.3, -0.25) is 13.8 Å². The Kier molecular flexibility index (Phi) is 7.38. The zero-order valence-corrected chi connectivity index (χ0v) is 15.9. The minimum absolute atomic E-state index is 0. The van der Waals surface area contributed by atoms with Crippen LogP contribution in [0.25, 0.3) is 0 Å². The molecule has 0 bridgehead atoms. The van der Waals surface area contributed by atoms with Gasteiger partial charge in [0, 0.05) is 31.2 Å². The fraction of sp³-hybridized carbons (Fsp3) is 0.500. The number of nitrogens with zero attached hydrogens (tertiary/aromatic N) is 1. The molecule has 3 heterocycles. The SMILES string of the molecule is NC(=O)c1ccc[n+]([C@@H]2O[C@H](COP3(=O)O[CH-]CCO3)[C@H](O)C2O)c1.[V]. The number of aliphatic hydroxyl groups is 2. The van der Waals surface area contributed by atoms with E-state index in [0.29, 0.717) is 6.42 Å². The van der Waals surface area contributed by atoms with Gasteiger partial charge in [0.2, 0.25) is 0 Å². The Morgan fingerprint density at radius 2 is 2.23 bits per heavy atom. The Labute approximate surface area is 161 Å². The number of aliphatic hydroxyl groups excluding tert-OH is 2. The second-order valence-electron chi connectivity index (χ2n) is 5.59. The molecule has 1 aromatic heterocycles. The third kappa shape index (κ3) is 4.72. The number of ether oxygens (including phenoxy) is 1. The number of nitrogens with two attached hydrogens (primary N) is 1. The predicted octanol–water partition coefficient (Wildman–Crippen LogP) is -0.587. The summed E-state index contributed by atoms with van der Waals surface area (Å²) in [5.74, 6) is -0.636. The van der Waals surface area contributed by atoms with Crippen molar-refractivity contribution in [2.75, 3.05) is 13.2 Å². The van der Waals surface area contributed by atoms with Gasteiger partial charge in [-0.15, -0.1) is 6.42 Å². The Morgan fingerprint density at radius 1 is 1.46 bits per heavy atom. The number of aromatic nitrogens is 1. The number of phosphoric ester groups is 1. The number of hydrogen-bond acceptors (Lipinski definition) is 8. The van der Waals surface area contributed by atoms with Crippen LogP contribution < -0.4 is 10.3 Å². The van der Waals surface area contributed by atoms with Crippen LogP contribution in [0.4, 0.5) is 0 Å². The molecule has 1 amide bonds. The monoisotopic (exact) mass is 425 g/mol. The fourth-order valence-corrected chi connectivity index (χ4v) is 3.67. The average Bonchev–Trinajstić information content (AvgIpc) is 2.89. The zero-order valence-electron chi connectivity index (χ0n) is 13.6. The first-order chi connectivity index (χ1) is 11.9. The third-order valence-corrected chi connectivity index (χ3v) is 5.19. The molecule has 1 aromatic rings. The van der Waals surface area contributed by atoms with E-state index in [1.807, 2.05) is 0 Å². The average molecular weight is 425 g/mol. The molecule has 12 heteroatoms. The quantitative estimate of drug-likeness (QED) is 0.323. The molecule has 2 aliphatic rings. The summed E-state index contributed by atoms with van der Waals surface area (Å²) in [7, 11) is -3.72. The maximum Gasteiger partial charge on any atom is 0.444 e. The minimum atomic E-state index is -3.72. The van der Waals surface area contributed by atoms with Gasteiger partial charge < -0.3 is 25.2 Å². The van der Waals surface area contributed by atoms with E-state index in [9.17, 15) is 19.6 Å². The van der Waals surface area contributed by atoms with Crippen LogP contribution >= 0.6 is 7.82 Å². The van der Waals surface area contributed by atoms with Gasteiger partial charge >= 0.3 is 7.82 Å². The van der Waals surface area contributed by atoms with Crippen LogP contribution in [0.3, 0.4) is 0 Å². The standard InChI is InChI=1S/C14H19N2O8P.V/c15-13(19)9-3-1-4-16(7-9)14-12(18)11(17)10(24-14)8-23-25(20)21-5-2-6-22-25;/h1,3-5,7,10-12,14,17-18H,2,6,8H2,(H2,15,19);/t10-,11+,12?,14-,25?;/m1./s1. The summed E-state index contributed by atoms with van der Waals surface area (Å²) in [6.45, 7) is 1.22. The smallest absolute Gasteiger partial charge is 0.444 e. The number of phosphoric acid groups is 1. The summed E-state index contributed by atoms with van der Waals surface area (Å²) < 4.78 is 34.1. The van der Waals surface area contributed by atoms with Crippen LogP contribution in [-0.2, 0) is 41.4 Å². The maximum absolute atomic E-state index is 12.1. The van der Waals surface area contributed by atoms with Gasteiger partial charge in [-0.1, -0.05) is 0 Å². The number of rotatable bonds is 5. The van der Waals surface area contributed by atoms with E-state index >= 15 is 0 Å². The molecule has 10 nitrogen and oxygen atoms in total. The number of pyridine rings is 1. The predicted molar refractivity (Wildman–Crippen MR) is 80.6 cm³/mol. The van der Waals surface area contributed by atoms with Crippen molar-refractivity contribution < 1.29 is 61.0 Å². The number of primary amides is 1. The van der Waals surface area contributed by atoms with Gasteiger partial charge in [0.15, 0.2) is 18.5 Å². The van der Waals surface area contributed by atoms with Gasteiger partial charge in [-0.2, -0.15) is 11.2 Å². The van der Waals surface area contributed by atoms with Gasteiger partial charge in [0.1, 0.15) is 17.8 Å². The Bertz CT molecular complexity index is 683. The number of amides is 1. The second kappa shape index (κ2) is 8.92. The van der Waals surface area contributed by atoms with E-state index in [0.717, 1.165) is 0 Å². The molecule has 5 atom stereocenters. The van der Waals surface area contributed by atoms with Gasteiger partial charge in [0.25, 0.3) is 12.1 Å². The van der Waals surface area contributed by atoms with Crippen molar-refractivity contribution in [2.45, 2.75) is 31.0 Å². The largest absolute Gasteiger partial charge is 0.464 e. The number of carbonyl (C=O) groups excluding carboxylic acids is 1. The molecule has 2 unspecified atom stereocenters. The summed E-state index contributed by atoms with van der Waals surface area (Å²) in [6.07, 6.45) is -1.08. The molecule has 0 aromatic carbocycles. The molecular weight excluding hydrogens is 406 g/mol. The maximum atomic E-state index is 12.1. The van der Waals surface area contributed by atoms with Crippen LogP contribution in [0.15, 0.2) is 24.5 Å². The van der Waals surface area contributed by atoms with Crippen LogP contribution in [0.1, 0.15) is 23.0 Å². The van der Waals surface area contributed by atoms with Gasteiger partial charge in [-0.05, 0) is 6.07 Å². The van der Waals surface area contributed by atoms with E-state index < -0.39 is 38.3 Å². The zero-order chi connectivity index (χ0) is 18.0. The van der Waals surface area contributed by atoms with Gasteiger partial charge in [0.05, 0.1) is 6.61 Å². The van der Waals surface area contributed by atoms with Crippen LogP contribution in [0.2, 0.25) is 0 Å². The first-order valence-electron chi connectivity index (χ1n) is 7.61. The first-order valence-corrected chi connectivity index (χ1v) is 9.07. The molecule has 0 spiro atoms. The van der Waals surface area contributed by atoms with Crippen molar-refractivity contribution in [2.24, 2.45) is 5.73 Å². The number of carbonyl (C=O) groups is 1. The molecule has 2 fully saturated rings. The molecule has 143 valence electrons. The fourth-order valence-electron chi connectivity index (χ4n) is 2.53. The topological polar surface area (TPSA) is 141 Å². The second-order valence-corrected chi connectivity index (χ2v) is 7.21. The van der Waals surface area contributed by atoms with Crippen molar-refractivity contribution in [1.29, 1.82) is 0 Å². The Balaban J connectivity index is 0.00000243. The third-order valence-electron chi connectivity index (χ3n) is 3.82. The Hall–Kier alpha value is -0.806. The van der Waals surface area contributed by atoms with E-state index in [1.165, 1.54) is 23.4 Å². The molecule has 0 saturated carbocycles. The molecule has 2 saturated heterocycles. The molecule has 1 radical (unpaired) electrons. The van der Waals surface area contributed by atoms with Crippen LogP contribution in [-0.4, -0.2) is 47.6 Å². The van der Waals surface area contributed by atoms with E-state index in [4.69, 9.17) is 24.0 Å². The van der Waals surface area contributed by atoms with Crippen molar-refractivity contribution in [3.8, 4) is 0 Å². The van der Waals surface area contributed by atoms with Crippen LogP contribution in [0.5, 0.6) is 0 Å². The summed E-state index contributed by atoms with van der Waals surface area (Å²) >= 11 is 0. The first kappa shape index (κ1) is 21.5. The molecule has 26 heavy (non-hydrogen) atoms. The molecule has 4 N–H and O–H groups in total. The van der Waals surface area contributed by atoms with E-state index in [2.05, 4.69) is 0 Å². The molecule has 0 aliphatic carbocycles. The van der Waals surface area contributed by atoms with Crippen molar-refractivity contribution in [3.63, 3.8) is 0 Å². The molecule has 3 rings (SSSR count). The normalized spacial score (nSPS) is 34.2. The minimum Gasteiger partial charge on any atom is -0.464 e. The summed E-state index contributed by atoms with van der Waals surface area (Å²) in [4.78, 5) is 11.3. The number of hydrogen-bond donors (Lipinski definition) is 3. The molecular formula is C14H19N2O8PV. The molecule has 2 aliphatic heterocycles.